The maximum Gasteiger partial charge on any atom is 0.0540 e. The zero-order chi connectivity index (χ0) is 12.1. The molecule has 17 heavy (non-hydrogen) atoms. The lowest BCUT2D eigenvalue weighted by Crippen LogP contribution is -2.32. The van der Waals surface area contributed by atoms with Gasteiger partial charge in [0.2, 0.25) is 0 Å². The van der Waals surface area contributed by atoms with Crippen LogP contribution in [0.25, 0.3) is 0 Å². The van der Waals surface area contributed by atoms with Gasteiger partial charge >= 0.3 is 0 Å². The molecule has 2 saturated carbocycles. The first-order chi connectivity index (χ1) is 8.24. The number of hydrogen-bond donors (Lipinski definition) is 2. The van der Waals surface area contributed by atoms with Gasteiger partial charge in [0.15, 0.2) is 0 Å². The van der Waals surface area contributed by atoms with Crippen molar-refractivity contribution in [3.8, 4) is 0 Å². The Kier molecular flexibility index (Phi) is 5.30. The number of hydrogen-bond acceptors (Lipinski definition) is 2. The van der Waals surface area contributed by atoms with Gasteiger partial charge in [0.25, 0.3) is 0 Å². The van der Waals surface area contributed by atoms with Crippen LogP contribution in [0, 0.1) is 17.8 Å². The highest BCUT2D eigenvalue weighted by Crippen LogP contribution is 2.28. The Balaban J connectivity index is 1.56. The van der Waals surface area contributed by atoms with Crippen molar-refractivity contribution in [2.75, 3.05) is 13.1 Å². The van der Waals surface area contributed by atoms with Crippen molar-refractivity contribution in [3.63, 3.8) is 0 Å². The summed E-state index contributed by atoms with van der Waals surface area (Å²) in [4.78, 5) is 0. The minimum absolute atomic E-state index is 0.00885. The molecular formula is C15H29NO. The van der Waals surface area contributed by atoms with Crippen molar-refractivity contribution in [2.24, 2.45) is 17.8 Å². The van der Waals surface area contributed by atoms with Crippen LogP contribution in [0.4, 0.5) is 0 Å². The fourth-order valence-electron chi connectivity index (χ4n) is 3.59. The van der Waals surface area contributed by atoms with Crippen LogP contribution in [0.3, 0.4) is 0 Å². The van der Waals surface area contributed by atoms with Crippen molar-refractivity contribution in [1.82, 2.24) is 5.32 Å². The molecule has 2 unspecified atom stereocenters. The van der Waals surface area contributed by atoms with Gasteiger partial charge in [-0.25, -0.2) is 0 Å². The molecule has 0 heterocycles. The van der Waals surface area contributed by atoms with Gasteiger partial charge in [0, 0.05) is 0 Å². The van der Waals surface area contributed by atoms with Crippen LogP contribution >= 0.6 is 0 Å². The molecule has 2 fully saturated rings. The number of aliphatic hydroxyl groups excluding tert-OH is 1. The van der Waals surface area contributed by atoms with Gasteiger partial charge in [-0.3, -0.25) is 0 Å². The summed E-state index contributed by atoms with van der Waals surface area (Å²) in [7, 11) is 0. The molecule has 0 radical (unpaired) electrons. The predicted molar refractivity (Wildman–Crippen MR) is 72.0 cm³/mol. The third-order valence-corrected chi connectivity index (χ3v) is 4.73. The predicted octanol–water partition coefficient (Wildman–Crippen LogP) is 2.95. The Morgan fingerprint density at radius 3 is 2.35 bits per heavy atom. The third kappa shape index (κ3) is 4.59. The largest absolute Gasteiger partial charge is 0.393 e. The molecule has 2 N–H and O–H groups in total. The molecule has 0 amide bonds. The van der Waals surface area contributed by atoms with Crippen molar-refractivity contribution < 1.29 is 5.11 Å². The van der Waals surface area contributed by atoms with E-state index in [-0.39, 0.29) is 6.10 Å². The number of nitrogens with one attached hydrogen (secondary N) is 1. The highest BCUT2D eigenvalue weighted by molar-refractivity contribution is 4.76. The Labute approximate surface area is 106 Å². The molecule has 0 aliphatic heterocycles. The first kappa shape index (κ1) is 13.4. The number of aliphatic hydroxyl groups is 1. The smallest absolute Gasteiger partial charge is 0.0540 e. The van der Waals surface area contributed by atoms with E-state index < -0.39 is 0 Å². The standard InChI is InChI=1S/C15H29NO/c1-12-3-2-4-14(9-12)11-16-10-13-5-7-15(17)8-6-13/h12-17H,2-11H2,1H3. The summed E-state index contributed by atoms with van der Waals surface area (Å²) in [5, 5.41) is 13.1. The van der Waals surface area contributed by atoms with Gasteiger partial charge in [0.05, 0.1) is 6.10 Å². The van der Waals surface area contributed by atoms with E-state index in [1.54, 1.807) is 0 Å². The molecule has 2 aliphatic carbocycles. The summed E-state index contributed by atoms with van der Waals surface area (Å²) in [5.41, 5.74) is 0. The van der Waals surface area contributed by atoms with Gasteiger partial charge < -0.3 is 10.4 Å². The average molecular weight is 239 g/mol. The molecule has 2 atom stereocenters. The van der Waals surface area contributed by atoms with E-state index in [0.717, 1.165) is 30.6 Å². The third-order valence-electron chi connectivity index (χ3n) is 4.73. The van der Waals surface area contributed by atoms with E-state index in [0.29, 0.717) is 0 Å². The van der Waals surface area contributed by atoms with Gasteiger partial charge in [-0.15, -0.1) is 0 Å². The minimum atomic E-state index is -0.00885. The van der Waals surface area contributed by atoms with Crippen LogP contribution in [0.15, 0.2) is 0 Å². The lowest BCUT2D eigenvalue weighted by molar-refractivity contribution is 0.108. The normalized spacial score (nSPS) is 39.2. The zero-order valence-corrected chi connectivity index (χ0v) is 11.3. The zero-order valence-electron chi connectivity index (χ0n) is 11.3. The van der Waals surface area contributed by atoms with Crippen molar-refractivity contribution in [1.29, 1.82) is 0 Å². The topological polar surface area (TPSA) is 32.3 Å². The van der Waals surface area contributed by atoms with E-state index in [1.807, 2.05) is 0 Å². The fourth-order valence-corrected chi connectivity index (χ4v) is 3.59. The molecule has 100 valence electrons. The average Bonchev–Trinajstić information content (AvgIpc) is 2.32. The number of rotatable bonds is 4. The lowest BCUT2D eigenvalue weighted by atomic mass is 9.82. The Bertz CT molecular complexity index is 211. The molecule has 2 nitrogen and oxygen atoms in total. The van der Waals surface area contributed by atoms with Crippen LogP contribution < -0.4 is 5.32 Å². The molecule has 0 saturated heterocycles. The second-order valence-electron chi connectivity index (χ2n) is 6.47. The Hall–Kier alpha value is -0.0800. The van der Waals surface area contributed by atoms with Crippen LogP contribution in [0.1, 0.15) is 58.3 Å². The molecule has 0 aromatic heterocycles. The summed E-state index contributed by atoms with van der Waals surface area (Å²) in [6.07, 6.45) is 10.2. The summed E-state index contributed by atoms with van der Waals surface area (Å²) >= 11 is 0. The minimum Gasteiger partial charge on any atom is -0.393 e. The van der Waals surface area contributed by atoms with E-state index in [1.165, 1.54) is 51.6 Å². The molecule has 0 aromatic rings. The monoisotopic (exact) mass is 239 g/mol. The van der Waals surface area contributed by atoms with Crippen molar-refractivity contribution in [3.05, 3.63) is 0 Å². The molecule has 0 bridgehead atoms. The Morgan fingerprint density at radius 2 is 1.65 bits per heavy atom. The van der Waals surface area contributed by atoms with Gasteiger partial charge in [-0.05, 0) is 69.4 Å². The summed E-state index contributed by atoms with van der Waals surface area (Å²) < 4.78 is 0. The fraction of sp³-hybridized carbons (Fsp3) is 1.00. The highest BCUT2D eigenvalue weighted by atomic mass is 16.3. The van der Waals surface area contributed by atoms with Crippen LogP contribution in [-0.4, -0.2) is 24.3 Å². The van der Waals surface area contributed by atoms with Crippen molar-refractivity contribution >= 4 is 0 Å². The van der Waals surface area contributed by atoms with Crippen LogP contribution in [0.5, 0.6) is 0 Å². The molecule has 0 aromatic carbocycles. The van der Waals surface area contributed by atoms with Crippen LogP contribution in [-0.2, 0) is 0 Å². The lowest BCUT2D eigenvalue weighted by Gasteiger charge is -2.29. The maximum absolute atomic E-state index is 9.46. The van der Waals surface area contributed by atoms with Gasteiger partial charge in [-0.2, -0.15) is 0 Å². The first-order valence-corrected chi connectivity index (χ1v) is 7.63. The summed E-state index contributed by atoms with van der Waals surface area (Å²) in [6, 6.07) is 0. The Morgan fingerprint density at radius 1 is 0.941 bits per heavy atom. The second-order valence-corrected chi connectivity index (χ2v) is 6.47. The van der Waals surface area contributed by atoms with E-state index in [9.17, 15) is 5.11 Å². The van der Waals surface area contributed by atoms with Crippen LogP contribution in [0.2, 0.25) is 0 Å². The molecule has 2 heteroatoms. The van der Waals surface area contributed by atoms with Gasteiger partial charge in [-0.1, -0.05) is 19.8 Å². The second kappa shape index (κ2) is 6.75. The van der Waals surface area contributed by atoms with E-state index in [4.69, 9.17) is 0 Å². The van der Waals surface area contributed by atoms with E-state index >= 15 is 0 Å². The van der Waals surface area contributed by atoms with Gasteiger partial charge in [0.1, 0.15) is 0 Å². The van der Waals surface area contributed by atoms with Crippen molar-refractivity contribution in [2.45, 2.75) is 64.4 Å². The molecular weight excluding hydrogens is 210 g/mol. The quantitative estimate of drug-likeness (QED) is 0.790. The first-order valence-electron chi connectivity index (χ1n) is 7.63. The molecule has 2 rings (SSSR count). The maximum atomic E-state index is 9.46. The molecule has 0 spiro atoms. The summed E-state index contributed by atoms with van der Waals surface area (Å²) in [5.74, 6) is 2.69. The summed E-state index contributed by atoms with van der Waals surface area (Å²) in [6.45, 7) is 4.80. The highest BCUT2D eigenvalue weighted by Gasteiger charge is 2.21. The van der Waals surface area contributed by atoms with E-state index in [2.05, 4.69) is 12.2 Å². The molecule has 2 aliphatic rings. The SMILES string of the molecule is CC1CCCC(CNCC2CCC(O)CC2)C1.